The minimum Gasteiger partial charge on any atom is -0.466 e. The van der Waals surface area contributed by atoms with Crippen LogP contribution >= 0.6 is 15.9 Å². The fourth-order valence-electron chi connectivity index (χ4n) is 1.17. The maximum atomic E-state index is 11.2. The molecular formula is C10H13BrN2O2. The molecule has 1 aromatic heterocycles. The van der Waals surface area contributed by atoms with Crippen LogP contribution in [0, 0.1) is 0 Å². The van der Waals surface area contributed by atoms with Crippen LogP contribution in [-0.4, -0.2) is 17.6 Å². The van der Waals surface area contributed by atoms with Crippen LogP contribution < -0.4 is 5.73 Å². The Hall–Kier alpha value is -0.940. The van der Waals surface area contributed by atoms with Gasteiger partial charge < -0.3 is 10.5 Å². The quantitative estimate of drug-likeness (QED) is 0.671. The van der Waals surface area contributed by atoms with Gasteiger partial charge in [-0.25, -0.2) is 4.98 Å². The Morgan fingerprint density at radius 2 is 2.47 bits per heavy atom. The van der Waals surface area contributed by atoms with E-state index in [9.17, 15) is 4.79 Å². The second-order valence-electron chi connectivity index (χ2n) is 3.03. The van der Waals surface area contributed by atoms with E-state index in [1.807, 2.05) is 0 Å². The second kappa shape index (κ2) is 5.82. The molecule has 4 nitrogen and oxygen atoms in total. The van der Waals surface area contributed by atoms with Gasteiger partial charge in [0.25, 0.3) is 0 Å². The van der Waals surface area contributed by atoms with E-state index < -0.39 is 0 Å². The summed E-state index contributed by atoms with van der Waals surface area (Å²) in [5.74, 6) is -0.280. The third-order valence-electron chi connectivity index (χ3n) is 1.87. The summed E-state index contributed by atoms with van der Waals surface area (Å²) in [5.41, 5.74) is 6.71. The summed E-state index contributed by atoms with van der Waals surface area (Å²) in [7, 11) is 0. The zero-order chi connectivity index (χ0) is 11.3. The molecule has 0 spiro atoms. The van der Waals surface area contributed by atoms with E-state index in [4.69, 9.17) is 10.5 Å². The van der Waals surface area contributed by atoms with Crippen LogP contribution in [0.25, 0.3) is 0 Å². The smallest absolute Gasteiger partial charge is 0.307 e. The van der Waals surface area contributed by atoms with Crippen LogP contribution in [0.2, 0.25) is 0 Å². The van der Waals surface area contributed by atoms with Gasteiger partial charge in [0.15, 0.2) is 0 Å². The third-order valence-corrected chi connectivity index (χ3v) is 2.30. The largest absolute Gasteiger partial charge is 0.466 e. The Balaban J connectivity index is 2.60. The first kappa shape index (κ1) is 12.1. The van der Waals surface area contributed by atoms with Gasteiger partial charge in [0, 0.05) is 12.2 Å². The van der Waals surface area contributed by atoms with Gasteiger partial charge in [0.2, 0.25) is 0 Å². The summed E-state index contributed by atoms with van der Waals surface area (Å²) in [5, 5.41) is 0. The lowest BCUT2D eigenvalue weighted by molar-refractivity contribution is -0.143. The fraction of sp³-hybridized carbons (Fsp3) is 0.400. The van der Waals surface area contributed by atoms with Crippen molar-refractivity contribution in [2.45, 2.75) is 19.4 Å². The predicted molar refractivity (Wildman–Crippen MR) is 60.1 cm³/mol. The first-order valence-electron chi connectivity index (χ1n) is 4.66. The highest BCUT2D eigenvalue weighted by Gasteiger charge is 2.12. The molecule has 0 aliphatic rings. The van der Waals surface area contributed by atoms with Crippen molar-refractivity contribution in [3.05, 3.63) is 28.5 Å². The fourth-order valence-corrected chi connectivity index (χ4v) is 1.55. The molecule has 1 heterocycles. The molecule has 0 radical (unpaired) electrons. The number of carbonyl (C=O) groups excluding carboxylic acids is 1. The van der Waals surface area contributed by atoms with Crippen LogP contribution in [0.5, 0.6) is 0 Å². The average Bonchev–Trinajstić information content (AvgIpc) is 2.18. The molecule has 0 aromatic carbocycles. The monoisotopic (exact) mass is 272 g/mol. The molecule has 1 aromatic rings. The van der Waals surface area contributed by atoms with Crippen molar-refractivity contribution in [1.29, 1.82) is 0 Å². The topological polar surface area (TPSA) is 65.2 Å². The zero-order valence-electron chi connectivity index (χ0n) is 8.44. The lowest BCUT2D eigenvalue weighted by atomic mass is 10.1. The van der Waals surface area contributed by atoms with Gasteiger partial charge in [-0.1, -0.05) is 0 Å². The molecule has 15 heavy (non-hydrogen) atoms. The Bertz CT molecular complexity index is 344. The summed E-state index contributed by atoms with van der Waals surface area (Å²) >= 11 is 3.24. The van der Waals surface area contributed by atoms with Crippen LogP contribution in [-0.2, 0) is 9.53 Å². The van der Waals surface area contributed by atoms with E-state index in [0.29, 0.717) is 11.2 Å². The molecule has 82 valence electrons. The molecule has 0 aliphatic carbocycles. The number of nitrogens with zero attached hydrogens (tertiary/aromatic N) is 1. The molecule has 0 aliphatic heterocycles. The van der Waals surface area contributed by atoms with Crippen LogP contribution in [0.3, 0.4) is 0 Å². The molecule has 0 saturated heterocycles. The van der Waals surface area contributed by atoms with Crippen molar-refractivity contribution in [3.8, 4) is 0 Å². The SMILES string of the molecule is CCOC(=O)CC(N)c1ccnc(Br)c1. The predicted octanol–water partition coefficient (Wildman–Crippen LogP) is 1.80. The number of carbonyl (C=O) groups is 1. The summed E-state index contributed by atoms with van der Waals surface area (Å²) in [6.07, 6.45) is 1.83. The van der Waals surface area contributed by atoms with Crippen LogP contribution in [0.15, 0.2) is 22.9 Å². The van der Waals surface area contributed by atoms with Crippen molar-refractivity contribution in [2.75, 3.05) is 6.61 Å². The molecular weight excluding hydrogens is 260 g/mol. The Kier molecular flexibility index (Phi) is 4.71. The number of hydrogen-bond donors (Lipinski definition) is 1. The molecule has 0 amide bonds. The molecule has 0 saturated carbocycles. The first-order valence-corrected chi connectivity index (χ1v) is 5.45. The van der Waals surface area contributed by atoms with Gasteiger partial charge in [0.1, 0.15) is 4.60 Å². The van der Waals surface area contributed by atoms with E-state index >= 15 is 0 Å². The van der Waals surface area contributed by atoms with E-state index in [1.165, 1.54) is 0 Å². The molecule has 1 atom stereocenters. The second-order valence-corrected chi connectivity index (χ2v) is 3.84. The highest BCUT2D eigenvalue weighted by molar-refractivity contribution is 9.10. The molecule has 2 N–H and O–H groups in total. The van der Waals surface area contributed by atoms with Crippen molar-refractivity contribution in [2.24, 2.45) is 5.73 Å². The van der Waals surface area contributed by atoms with Crippen molar-refractivity contribution < 1.29 is 9.53 Å². The number of esters is 1. The number of halogens is 1. The summed E-state index contributed by atoms with van der Waals surface area (Å²) in [6.45, 7) is 2.15. The number of aromatic nitrogens is 1. The highest BCUT2D eigenvalue weighted by atomic mass is 79.9. The van der Waals surface area contributed by atoms with Gasteiger partial charge in [-0.05, 0) is 40.5 Å². The van der Waals surface area contributed by atoms with E-state index in [1.54, 1.807) is 25.3 Å². The summed E-state index contributed by atoms with van der Waals surface area (Å²) in [4.78, 5) is 15.2. The Labute approximate surface area is 97.0 Å². The van der Waals surface area contributed by atoms with Crippen LogP contribution in [0.4, 0.5) is 0 Å². The molecule has 0 fully saturated rings. The van der Waals surface area contributed by atoms with E-state index in [-0.39, 0.29) is 18.4 Å². The van der Waals surface area contributed by atoms with Crippen molar-refractivity contribution >= 4 is 21.9 Å². The zero-order valence-corrected chi connectivity index (χ0v) is 10.0. The molecule has 0 bridgehead atoms. The minimum absolute atomic E-state index is 0.185. The first-order chi connectivity index (χ1) is 7.13. The van der Waals surface area contributed by atoms with Gasteiger partial charge in [0.05, 0.1) is 13.0 Å². The lowest BCUT2D eigenvalue weighted by Gasteiger charge is -2.10. The van der Waals surface area contributed by atoms with E-state index in [2.05, 4.69) is 20.9 Å². The van der Waals surface area contributed by atoms with Crippen LogP contribution in [0.1, 0.15) is 24.9 Å². The molecule has 5 heteroatoms. The number of pyridine rings is 1. The molecule has 1 rings (SSSR count). The number of nitrogens with two attached hydrogens (primary N) is 1. The summed E-state index contributed by atoms with van der Waals surface area (Å²) < 4.78 is 5.53. The van der Waals surface area contributed by atoms with E-state index in [0.717, 1.165) is 5.56 Å². The molecule has 1 unspecified atom stereocenters. The summed E-state index contributed by atoms with van der Waals surface area (Å²) in [6, 6.07) is 3.24. The maximum absolute atomic E-state index is 11.2. The lowest BCUT2D eigenvalue weighted by Crippen LogP contribution is -2.17. The van der Waals surface area contributed by atoms with Crippen molar-refractivity contribution in [3.63, 3.8) is 0 Å². The Morgan fingerprint density at radius 3 is 3.07 bits per heavy atom. The van der Waals surface area contributed by atoms with Gasteiger partial charge in [-0.2, -0.15) is 0 Å². The number of hydrogen-bond acceptors (Lipinski definition) is 4. The highest BCUT2D eigenvalue weighted by Crippen LogP contribution is 2.17. The average molecular weight is 273 g/mol. The third kappa shape index (κ3) is 3.97. The van der Waals surface area contributed by atoms with Crippen molar-refractivity contribution in [1.82, 2.24) is 4.98 Å². The number of ether oxygens (including phenoxy) is 1. The normalized spacial score (nSPS) is 12.2. The van der Waals surface area contributed by atoms with Gasteiger partial charge >= 0.3 is 5.97 Å². The Morgan fingerprint density at radius 1 is 1.73 bits per heavy atom. The van der Waals surface area contributed by atoms with Gasteiger partial charge in [-0.15, -0.1) is 0 Å². The maximum Gasteiger partial charge on any atom is 0.307 e. The number of rotatable bonds is 4. The minimum atomic E-state index is -0.344. The standard InChI is InChI=1S/C10H13BrN2O2/c1-2-15-10(14)6-8(12)7-3-4-13-9(11)5-7/h3-5,8H,2,6,12H2,1H3. The van der Waals surface area contributed by atoms with Gasteiger partial charge in [-0.3, -0.25) is 4.79 Å².